The van der Waals surface area contributed by atoms with Crippen LogP contribution in [-0.2, 0) is 36.0 Å². The van der Waals surface area contributed by atoms with Crippen molar-refractivity contribution in [1.29, 1.82) is 0 Å². The molecule has 3 aromatic rings. The Morgan fingerprint density at radius 1 is 0.942 bits per heavy atom. The van der Waals surface area contributed by atoms with Gasteiger partial charge in [0.2, 0.25) is 0 Å². The first-order valence-electron chi connectivity index (χ1n) is 18.4. The number of aliphatic hydroxyl groups is 5. The maximum absolute atomic E-state index is 13.0. The molecule has 15 heteroatoms. The molecule has 0 saturated carbocycles. The number of hydrogen-bond acceptors (Lipinski definition) is 12. The first kappa shape index (κ1) is 44.7. The number of benzene rings is 1. The zero-order valence-corrected chi connectivity index (χ0v) is 31.4. The molecule has 15 nitrogen and oxygen atoms in total. The van der Waals surface area contributed by atoms with Gasteiger partial charge in [0.25, 0.3) is 5.56 Å². The molecule has 1 unspecified atom stereocenters. The summed E-state index contributed by atoms with van der Waals surface area (Å²) in [6, 6.07) is 7.21. The van der Waals surface area contributed by atoms with E-state index in [0.717, 1.165) is 43.5 Å². The molecule has 294 valence electrons. The highest BCUT2D eigenvalue weighted by Crippen LogP contribution is 2.17. The van der Waals surface area contributed by atoms with Gasteiger partial charge in [0.15, 0.2) is 11.6 Å². The first-order valence-corrected chi connectivity index (χ1v) is 18.4. The summed E-state index contributed by atoms with van der Waals surface area (Å²) in [5, 5.41) is 63.1. The lowest BCUT2D eigenvalue weighted by atomic mass is 10.0. The van der Waals surface area contributed by atoms with E-state index in [2.05, 4.69) is 29.2 Å². The molecule has 0 spiro atoms. The van der Waals surface area contributed by atoms with Crippen LogP contribution in [0.2, 0.25) is 0 Å². The molecule has 5 atom stereocenters. The Kier molecular flexibility index (Phi) is 20.6. The Hall–Kier alpha value is -3.44. The molecule has 3 rings (SSSR count). The first-order chi connectivity index (χ1) is 24.9. The fourth-order valence-corrected chi connectivity index (χ4v) is 5.66. The summed E-state index contributed by atoms with van der Waals surface area (Å²) in [6.07, 6.45) is 2.59. The van der Waals surface area contributed by atoms with Crippen molar-refractivity contribution in [2.45, 2.75) is 123 Å². The molecule has 0 aliphatic rings. The van der Waals surface area contributed by atoms with Crippen LogP contribution < -0.4 is 15.6 Å². The third-order valence-corrected chi connectivity index (χ3v) is 8.65. The minimum atomic E-state index is -1.55. The van der Waals surface area contributed by atoms with E-state index in [1.54, 1.807) is 35.4 Å². The molecule has 0 saturated heterocycles. The summed E-state index contributed by atoms with van der Waals surface area (Å²) in [6.45, 7) is 9.06. The molecular formula is C37H61N5O10. The van der Waals surface area contributed by atoms with Crippen LogP contribution in [0, 0.1) is 6.92 Å². The lowest BCUT2D eigenvalue weighted by Crippen LogP contribution is -2.49. The van der Waals surface area contributed by atoms with Crippen molar-refractivity contribution in [2.75, 3.05) is 32.9 Å². The Morgan fingerprint density at radius 3 is 2.21 bits per heavy atom. The Labute approximate surface area is 306 Å². The topological polar surface area (TPSA) is 222 Å². The molecule has 2 heterocycles. The Morgan fingerprint density at radius 2 is 1.60 bits per heavy atom. The number of ether oxygens (including phenoxy) is 2. The second-order valence-electron chi connectivity index (χ2n) is 12.9. The van der Waals surface area contributed by atoms with Gasteiger partial charge < -0.3 is 45.4 Å². The minimum absolute atomic E-state index is 0.126. The highest BCUT2D eigenvalue weighted by atomic mass is 16.5. The number of unbranched alkanes of at least 4 members (excludes halogenated alkanes) is 5. The van der Waals surface area contributed by atoms with Gasteiger partial charge in [-0.25, -0.2) is 9.78 Å². The summed E-state index contributed by atoms with van der Waals surface area (Å²) in [4.78, 5) is 28.9. The SMILES string of the molecule is CCCCCCCCNC[C@H](O)[C@@H](O)[C@H](O)[C@H](O)CO.CCCc1nn(C)c2c(=O)n(CCOc3ccc(CC(OCC)C(=O)O)cc3)c(C)nc12. The number of rotatable bonds is 24. The number of carboxylic acids is 1. The Balaban J connectivity index is 0.000000405. The van der Waals surface area contributed by atoms with E-state index in [0.29, 0.717) is 42.4 Å². The summed E-state index contributed by atoms with van der Waals surface area (Å²) in [5.41, 5.74) is 2.75. The van der Waals surface area contributed by atoms with Gasteiger partial charge in [0.05, 0.1) is 24.9 Å². The van der Waals surface area contributed by atoms with Gasteiger partial charge in [-0.05, 0) is 50.9 Å². The zero-order chi connectivity index (χ0) is 38.6. The quantitative estimate of drug-likeness (QED) is 0.0654. The second kappa shape index (κ2) is 24.0. The molecule has 2 aromatic heterocycles. The number of aryl methyl sites for hydroxylation is 3. The van der Waals surface area contributed by atoms with E-state index in [4.69, 9.17) is 19.7 Å². The van der Waals surface area contributed by atoms with E-state index in [1.165, 1.54) is 25.7 Å². The summed E-state index contributed by atoms with van der Waals surface area (Å²) in [7, 11) is 1.77. The normalized spacial score (nSPS) is 14.3. The van der Waals surface area contributed by atoms with E-state index in [-0.39, 0.29) is 18.5 Å². The average Bonchev–Trinajstić information content (AvgIpc) is 3.44. The van der Waals surface area contributed by atoms with Gasteiger partial charge >= 0.3 is 5.97 Å². The van der Waals surface area contributed by atoms with Gasteiger partial charge in [0.1, 0.15) is 42.0 Å². The molecule has 0 fully saturated rings. The Bertz CT molecular complexity index is 1510. The van der Waals surface area contributed by atoms with Crippen LogP contribution in [0.4, 0.5) is 0 Å². The van der Waals surface area contributed by atoms with Gasteiger partial charge in [-0.15, -0.1) is 0 Å². The molecule has 7 N–H and O–H groups in total. The fraction of sp³-hybridized carbons (Fsp3) is 0.676. The number of nitrogens with zero attached hydrogens (tertiary/aromatic N) is 4. The smallest absolute Gasteiger partial charge is 0.333 e. The number of aliphatic hydroxyl groups excluding tert-OH is 5. The molecule has 0 amide bonds. The second-order valence-corrected chi connectivity index (χ2v) is 12.9. The molecular weight excluding hydrogens is 674 g/mol. The van der Waals surface area contributed by atoms with Crippen LogP contribution in [0.3, 0.4) is 0 Å². The van der Waals surface area contributed by atoms with E-state index in [9.17, 15) is 30.0 Å². The molecule has 0 aliphatic heterocycles. The maximum atomic E-state index is 13.0. The van der Waals surface area contributed by atoms with Crippen molar-refractivity contribution in [3.05, 3.63) is 51.7 Å². The minimum Gasteiger partial charge on any atom is -0.492 e. The van der Waals surface area contributed by atoms with Gasteiger partial charge in [0, 0.05) is 26.6 Å². The molecule has 52 heavy (non-hydrogen) atoms. The van der Waals surface area contributed by atoms with Crippen LogP contribution in [0.25, 0.3) is 11.0 Å². The van der Waals surface area contributed by atoms with Gasteiger partial charge in [-0.3, -0.25) is 14.0 Å². The standard InChI is InChI=1S/C23H30N4O5.C14H31NO5/c1-5-7-18-20-21(26(4)25-18)22(28)27(15(3)24-20)12-13-32-17-10-8-16(9-11-17)14-19(23(29)30)31-6-2;1-2-3-4-5-6-7-8-15-9-11(17)13(19)14(20)12(18)10-16/h8-11,19H,5-7,12-14H2,1-4H3,(H,29,30);11-20H,2-10H2,1H3/t;11-,12+,13+,14+/m.0/s1. The molecule has 0 bridgehead atoms. The lowest BCUT2D eigenvalue weighted by molar-refractivity contribution is -0.149. The van der Waals surface area contributed by atoms with E-state index in [1.807, 2.05) is 19.1 Å². The highest BCUT2D eigenvalue weighted by molar-refractivity contribution is 5.76. The van der Waals surface area contributed by atoms with Crippen molar-refractivity contribution in [2.24, 2.45) is 7.05 Å². The van der Waals surface area contributed by atoms with E-state index < -0.39 is 43.1 Å². The average molecular weight is 736 g/mol. The lowest BCUT2D eigenvalue weighted by Gasteiger charge is -2.25. The molecule has 1 aromatic carbocycles. The number of aliphatic carboxylic acids is 1. The van der Waals surface area contributed by atoms with E-state index >= 15 is 0 Å². The number of aromatic nitrogens is 4. The zero-order valence-electron chi connectivity index (χ0n) is 31.4. The van der Waals surface area contributed by atoms with Crippen molar-refractivity contribution >= 4 is 17.0 Å². The summed E-state index contributed by atoms with van der Waals surface area (Å²) >= 11 is 0. The number of carboxylic acid groups (broad SMARTS) is 1. The number of hydrogen-bond donors (Lipinski definition) is 7. The van der Waals surface area contributed by atoms with Crippen LogP contribution in [0.15, 0.2) is 29.1 Å². The fourth-order valence-electron chi connectivity index (χ4n) is 5.66. The monoisotopic (exact) mass is 735 g/mol. The number of carbonyl (C=O) groups is 1. The largest absolute Gasteiger partial charge is 0.492 e. The highest BCUT2D eigenvalue weighted by Gasteiger charge is 2.29. The van der Waals surface area contributed by atoms with Crippen molar-refractivity contribution in [3.63, 3.8) is 0 Å². The molecule has 0 radical (unpaired) electrons. The van der Waals surface area contributed by atoms with Gasteiger partial charge in [-0.2, -0.15) is 5.10 Å². The number of fused-ring (bicyclic) bond motifs is 1. The summed E-state index contributed by atoms with van der Waals surface area (Å²) in [5.74, 6) is 0.291. The summed E-state index contributed by atoms with van der Waals surface area (Å²) < 4.78 is 14.3. The maximum Gasteiger partial charge on any atom is 0.333 e. The van der Waals surface area contributed by atoms with Crippen molar-refractivity contribution < 1.29 is 44.9 Å². The predicted octanol–water partition coefficient (Wildman–Crippen LogP) is 1.87. The van der Waals surface area contributed by atoms with Crippen LogP contribution in [-0.4, -0.2) is 119 Å². The van der Waals surface area contributed by atoms with Crippen LogP contribution in [0.1, 0.15) is 82.8 Å². The predicted molar refractivity (Wildman–Crippen MR) is 198 cm³/mol. The molecule has 0 aliphatic carbocycles. The van der Waals surface area contributed by atoms with Crippen LogP contribution in [0.5, 0.6) is 5.75 Å². The van der Waals surface area contributed by atoms with Crippen molar-refractivity contribution in [3.8, 4) is 5.75 Å². The third kappa shape index (κ3) is 14.2. The van der Waals surface area contributed by atoms with Crippen molar-refractivity contribution in [1.82, 2.24) is 24.6 Å². The van der Waals surface area contributed by atoms with Gasteiger partial charge in [-0.1, -0.05) is 64.5 Å². The third-order valence-electron chi connectivity index (χ3n) is 8.65. The van der Waals surface area contributed by atoms with Crippen LogP contribution >= 0.6 is 0 Å². The number of nitrogens with one attached hydrogen (secondary N) is 1.